The van der Waals surface area contributed by atoms with E-state index in [1.165, 1.54) is 12.1 Å². The van der Waals surface area contributed by atoms with E-state index in [0.29, 0.717) is 6.61 Å². The highest BCUT2D eigenvalue weighted by Crippen LogP contribution is 2.26. The molecule has 1 rings (SSSR count). The molecular formula is C13H22BFO5. The minimum absolute atomic E-state index is 0.259. The van der Waals surface area contributed by atoms with E-state index in [9.17, 15) is 9.50 Å². The summed E-state index contributed by atoms with van der Waals surface area (Å²) < 4.78 is 18.3. The molecule has 1 aromatic rings. The maximum atomic E-state index is 12.7. The molecule has 0 fully saturated rings. The molecule has 0 aliphatic carbocycles. The lowest BCUT2D eigenvalue weighted by molar-refractivity contribution is -0.153. The highest BCUT2D eigenvalue weighted by molar-refractivity contribution is 6.30. The summed E-state index contributed by atoms with van der Waals surface area (Å²) in [6, 6.07) is 6.15. The number of ether oxygens (including phenoxy) is 1. The van der Waals surface area contributed by atoms with Crippen molar-refractivity contribution in [2.75, 3.05) is 0 Å². The predicted molar refractivity (Wildman–Crippen MR) is 74.0 cm³/mol. The van der Waals surface area contributed by atoms with Crippen LogP contribution in [0.4, 0.5) is 4.39 Å². The van der Waals surface area contributed by atoms with Crippen LogP contribution >= 0.6 is 0 Å². The molecule has 0 aliphatic heterocycles. The number of hydrogen-bond acceptors (Lipinski definition) is 5. The number of halogens is 1. The summed E-state index contributed by atoms with van der Waals surface area (Å²) in [5.41, 5.74) is -0.687. The fourth-order valence-electron chi connectivity index (χ4n) is 1.02. The number of hydrogen-bond donors (Lipinski definition) is 4. The first-order valence-corrected chi connectivity index (χ1v) is 6.10. The quantitative estimate of drug-likeness (QED) is 0.616. The molecule has 0 aliphatic rings. The average Bonchev–Trinajstić information content (AvgIpc) is 2.26. The second kappa shape index (κ2) is 7.71. The van der Waals surface area contributed by atoms with Crippen LogP contribution in [0.15, 0.2) is 24.3 Å². The van der Waals surface area contributed by atoms with Gasteiger partial charge >= 0.3 is 7.32 Å². The molecule has 0 bridgehead atoms. The molecular weight excluding hydrogens is 266 g/mol. The van der Waals surface area contributed by atoms with Gasteiger partial charge in [0, 0.05) is 0 Å². The van der Waals surface area contributed by atoms with Crippen LogP contribution in [0.1, 0.15) is 33.3 Å². The number of aliphatic hydroxyl groups is 1. The van der Waals surface area contributed by atoms with Gasteiger partial charge in [-0.25, -0.2) is 4.39 Å². The summed E-state index contributed by atoms with van der Waals surface area (Å²) in [5.74, 6) is -0.259. The fourth-order valence-corrected chi connectivity index (χ4v) is 1.02. The molecule has 0 heterocycles. The summed E-state index contributed by atoms with van der Waals surface area (Å²) in [6.45, 7) is 7.43. The minimum Gasteiger partial charge on any atom is -0.402 e. The number of rotatable bonds is 4. The monoisotopic (exact) mass is 288 g/mol. The fraction of sp³-hybridized carbons (Fsp3) is 0.538. The largest absolute Gasteiger partial charge is 0.631 e. The third kappa shape index (κ3) is 7.57. The van der Waals surface area contributed by atoms with Crippen molar-refractivity contribution in [3.8, 4) is 0 Å². The molecule has 114 valence electrons. The van der Waals surface area contributed by atoms with E-state index < -0.39 is 18.5 Å². The summed E-state index contributed by atoms with van der Waals surface area (Å²) in [5, 5.41) is 31.4. The molecule has 0 radical (unpaired) electrons. The first-order valence-electron chi connectivity index (χ1n) is 6.10. The summed E-state index contributed by atoms with van der Waals surface area (Å²) in [7, 11) is -2.17. The van der Waals surface area contributed by atoms with E-state index in [0.717, 1.165) is 5.56 Å². The van der Waals surface area contributed by atoms with E-state index in [2.05, 4.69) is 0 Å². The Morgan fingerprint density at radius 3 is 1.80 bits per heavy atom. The normalized spacial score (nSPS) is 11.7. The zero-order chi connectivity index (χ0) is 16.0. The van der Waals surface area contributed by atoms with Crippen LogP contribution in [0.5, 0.6) is 0 Å². The summed E-state index contributed by atoms with van der Waals surface area (Å²) in [4.78, 5) is 0. The van der Waals surface area contributed by atoms with Gasteiger partial charge in [0.05, 0.1) is 17.8 Å². The lowest BCUT2D eigenvalue weighted by Crippen LogP contribution is -2.47. The Hall–Kier alpha value is -0.985. The van der Waals surface area contributed by atoms with Gasteiger partial charge in [-0.1, -0.05) is 12.1 Å². The molecule has 1 aromatic carbocycles. The SMILES string of the molecule is CC(C)(O)C(C)(C)OCc1ccc(F)cc1.OB(O)O. The molecule has 4 N–H and O–H groups in total. The highest BCUT2D eigenvalue weighted by Gasteiger charge is 2.35. The van der Waals surface area contributed by atoms with Gasteiger partial charge < -0.3 is 24.9 Å². The summed E-state index contributed by atoms with van der Waals surface area (Å²) in [6.07, 6.45) is 0. The van der Waals surface area contributed by atoms with Crippen LogP contribution in [-0.2, 0) is 11.3 Å². The summed E-state index contributed by atoms with van der Waals surface area (Å²) >= 11 is 0. The Kier molecular flexibility index (Phi) is 7.33. The van der Waals surface area contributed by atoms with Crippen LogP contribution in [0.25, 0.3) is 0 Å². The zero-order valence-corrected chi connectivity index (χ0v) is 12.2. The van der Waals surface area contributed by atoms with Gasteiger partial charge in [0.2, 0.25) is 0 Å². The Morgan fingerprint density at radius 2 is 1.45 bits per heavy atom. The van der Waals surface area contributed by atoms with Gasteiger partial charge in [-0.2, -0.15) is 0 Å². The van der Waals surface area contributed by atoms with Gasteiger partial charge in [0.15, 0.2) is 0 Å². The third-order valence-electron chi connectivity index (χ3n) is 2.99. The Balaban J connectivity index is 0.000000796. The van der Waals surface area contributed by atoms with Crippen molar-refractivity contribution in [2.24, 2.45) is 0 Å². The van der Waals surface area contributed by atoms with Crippen molar-refractivity contribution in [1.29, 1.82) is 0 Å². The van der Waals surface area contributed by atoms with Crippen molar-refractivity contribution >= 4 is 7.32 Å². The Morgan fingerprint density at radius 1 is 1.05 bits per heavy atom. The van der Waals surface area contributed by atoms with Crippen LogP contribution in [0, 0.1) is 5.82 Å². The van der Waals surface area contributed by atoms with Crippen LogP contribution in [0.3, 0.4) is 0 Å². The molecule has 0 atom stereocenters. The second-order valence-electron chi connectivity index (χ2n) is 5.33. The third-order valence-corrected chi connectivity index (χ3v) is 2.99. The van der Waals surface area contributed by atoms with E-state index in [-0.39, 0.29) is 5.82 Å². The molecule has 0 amide bonds. The van der Waals surface area contributed by atoms with Crippen molar-refractivity contribution < 1.29 is 29.3 Å². The van der Waals surface area contributed by atoms with Gasteiger partial charge in [-0.15, -0.1) is 0 Å². The maximum Gasteiger partial charge on any atom is 0.631 e. The van der Waals surface area contributed by atoms with Crippen molar-refractivity contribution in [1.82, 2.24) is 0 Å². The first kappa shape index (κ1) is 19.0. The van der Waals surface area contributed by atoms with Gasteiger partial charge in [-0.05, 0) is 45.4 Å². The first-order chi connectivity index (χ1) is 8.95. The van der Waals surface area contributed by atoms with Crippen LogP contribution in [0.2, 0.25) is 0 Å². The highest BCUT2D eigenvalue weighted by atomic mass is 19.1. The smallest absolute Gasteiger partial charge is 0.402 e. The molecule has 0 saturated heterocycles. The van der Waals surface area contributed by atoms with Gasteiger partial charge in [0.1, 0.15) is 5.82 Å². The number of benzene rings is 1. The van der Waals surface area contributed by atoms with Gasteiger partial charge in [0.25, 0.3) is 0 Å². The molecule has 0 unspecified atom stereocenters. The minimum atomic E-state index is -2.17. The second-order valence-corrected chi connectivity index (χ2v) is 5.33. The van der Waals surface area contributed by atoms with E-state index in [1.807, 2.05) is 13.8 Å². The Labute approximate surface area is 118 Å². The molecule has 0 aromatic heterocycles. The lowest BCUT2D eigenvalue weighted by Gasteiger charge is -2.37. The standard InChI is InChI=1S/C13H19FO2.BH3O3/c1-12(2,15)13(3,4)16-9-10-5-7-11(14)8-6-10;2-1(3)4/h5-8,15H,9H2,1-4H3;2-4H. The topological polar surface area (TPSA) is 90.2 Å². The lowest BCUT2D eigenvalue weighted by atomic mass is 9.89. The average molecular weight is 288 g/mol. The van der Waals surface area contributed by atoms with E-state index in [4.69, 9.17) is 19.8 Å². The van der Waals surface area contributed by atoms with E-state index >= 15 is 0 Å². The van der Waals surface area contributed by atoms with Crippen molar-refractivity contribution in [3.63, 3.8) is 0 Å². The van der Waals surface area contributed by atoms with Crippen molar-refractivity contribution in [3.05, 3.63) is 35.6 Å². The predicted octanol–water partition coefficient (Wildman–Crippen LogP) is 0.840. The van der Waals surface area contributed by atoms with Gasteiger partial charge in [-0.3, -0.25) is 0 Å². The van der Waals surface area contributed by atoms with Crippen LogP contribution < -0.4 is 0 Å². The molecule has 20 heavy (non-hydrogen) atoms. The molecule has 5 nitrogen and oxygen atoms in total. The van der Waals surface area contributed by atoms with Crippen molar-refractivity contribution in [2.45, 2.75) is 45.5 Å². The maximum absolute atomic E-state index is 12.7. The van der Waals surface area contributed by atoms with E-state index in [1.54, 1.807) is 26.0 Å². The van der Waals surface area contributed by atoms with Crippen LogP contribution in [-0.4, -0.2) is 38.7 Å². The molecule has 0 saturated carbocycles. The molecule has 0 spiro atoms. The Bertz CT molecular complexity index is 384. The zero-order valence-electron chi connectivity index (χ0n) is 12.2. The molecule has 7 heteroatoms.